The molecule has 1 unspecified atom stereocenters. The first-order chi connectivity index (χ1) is 14.2. The fraction of sp³-hybridized carbons (Fsp3) is 0.696. The monoisotopic (exact) mass is 401 g/mol. The van der Waals surface area contributed by atoms with Crippen molar-refractivity contribution in [2.75, 3.05) is 65.7 Å². The van der Waals surface area contributed by atoms with Crippen LogP contribution in [-0.2, 0) is 19.7 Å². The molecule has 0 bridgehead atoms. The van der Waals surface area contributed by atoms with Gasteiger partial charge in [-0.3, -0.25) is 14.6 Å². The lowest BCUT2D eigenvalue weighted by molar-refractivity contribution is -0.131. The molecule has 0 aliphatic carbocycles. The average molecular weight is 402 g/mol. The summed E-state index contributed by atoms with van der Waals surface area (Å²) in [6.07, 6.45) is 2.56. The zero-order chi connectivity index (χ0) is 20.1. The van der Waals surface area contributed by atoms with Crippen LogP contribution in [0.4, 0.5) is 0 Å². The van der Waals surface area contributed by atoms with Gasteiger partial charge >= 0.3 is 0 Å². The Labute approximate surface area is 174 Å². The Morgan fingerprint density at radius 1 is 1.00 bits per heavy atom. The molecule has 3 fully saturated rings. The van der Waals surface area contributed by atoms with Gasteiger partial charge in [0, 0.05) is 58.5 Å². The van der Waals surface area contributed by atoms with Crippen molar-refractivity contribution in [1.29, 1.82) is 0 Å². The Morgan fingerprint density at radius 2 is 1.66 bits per heavy atom. The van der Waals surface area contributed by atoms with E-state index in [4.69, 9.17) is 9.47 Å². The predicted octanol–water partition coefficient (Wildman–Crippen LogP) is 1.57. The number of hydrogen-bond acceptors (Lipinski definition) is 5. The predicted molar refractivity (Wildman–Crippen MR) is 113 cm³/mol. The summed E-state index contributed by atoms with van der Waals surface area (Å²) in [4.78, 5) is 18.4. The Morgan fingerprint density at radius 3 is 2.38 bits per heavy atom. The molecule has 6 nitrogen and oxygen atoms in total. The molecule has 1 amide bonds. The molecule has 29 heavy (non-hydrogen) atoms. The lowest BCUT2D eigenvalue weighted by Crippen LogP contribution is -2.51. The van der Waals surface area contributed by atoms with Gasteiger partial charge in [-0.15, -0.1) is 0 Å². The van der Waals surface area contributed by atoms with Crippen LogP contribution >= 0.6 is 0 Å². The van der Waals surface area contributed by atoms with E-state index in [1.165, 1.54) is 5.56 Å². The van der Waals surface area contributed by atoms with Gasteiger partial charge in [0.15, 0.2) is 0 Å². The number of carbonyl (C=O) groups is 1. The van der Waals surface area contributed by atoms with Gasteiger partial charge in [-0.25, -0.2) is 0 Å². The maximum absolute atomic E-state index is 13.5. The van der Waals surface area contributed by atoms with Crippen molar-refractivity contribution >= 4 is 5.91 Å². The van der Waals surface area contributed by atoms with Crippen molar-refractivity contribution in [2.45, 2.75) is 37.6 Å². The average Bonchev–Trinajstić information content (AvgIpc) is 3.21. The van der Waals surface area contributed by atoms with Gasteiger partial charge in [0.2, 0.25) is 5.91 Å². The number of carbonyl (C=O) groups excluding carboxylic acids is 1. The van der Waals surface area contributed by atoms with E-state index in [2.05, 4.69) is 46.3 Å². The van der Waals surface area contributed by atoms with E-state index in [0.29, 0.717) is 13.2 Å². The van der Waals surface area contributed by atoms with Crippen LogP contribution in [0.2, 0.25) is 0 Å². The van der Waals surface area contributed by atoms with Crippen LogP contribution in [0, 0.1) is 6.92 Å². The maximum atomic E-state index is 13.5. The fourth-order valence-corrected chi connectivity index (χ4v) is 4.82. The smallest absolute Gasteiger partial charge is 0.231 e. The Balaban J connectivity index is 1.34. The number of benzene rings is 1. The minimum absolute atomic E-state index is 0.185. The quantitative estimate of drug-likeness (QED) is 0.784. The number of nitrogens with zero attached hydrogens (tertiary/aromatic N) is 2. The van der Waals surface area contributed by atoms with E-state index in [0.717, 1.165) is 77.3 Å². The van der Waals surface area contributed by atoms with Crippen LogP contribution in [-0.4, -0.2) is 87.4 Å². The molecule has 3 aliphatic rings. The van der Waals surface area contributed by atoms with Crippen LogP contribution in [0.15, 0.2) is 24.3 Å². The Kier molecular flexibility index (Phi) is 6.85. The van der Waals surface area contributed by atoms with Crippen molar-refractivity contribution in [3.8, 4) is 0 Å². The maximum Gasteiger partial charge on any atom is 0.231 e. The number of rotatable bonds is 6. The van der Waals surface area contributed by atoms with Gasteiger partial charge in [-0.05, 0) is 31.7 Å². The first-order valence-electron chi connectivity index (χ1n) is 11.1. The molecule has 0 radical (unpaired) electrons. The highest BCUT2D eigenvalue weighted by molar-refractivity contribution is 5.88. The zero-order valence-electron chi connectivity index (χ0n) is 17.7. The molecule has 1 N–H and O–H groups in total. The second kappa shape index (κ2) is 9.56. The van der Waals surface area contributed by atoms with Crippen LogP contribution < -0.4 is 5.32 Å². The number of aryl methyl sites for hydroxylation is 1. The van der Waals surface area contributed by atoms with Crippen molar-refractivity contribution in [1.82, 2.24) is 15.1 Å². The molecular formula is C23H35N3O3. The van der Waals surface area contributed by atoms with Crippen molar-refractivity contribution in [3.05, 3.63) is 35.4 Å². The van der Waals surface area contributed by atoms with Gasteiger partial charge in [-0.2, -0.15) is 0 Å². The van der Waals surface area contributed by atoms with E-state index in [1.54, 1.807) is 0 Å². The third-order valence-corrected chi connectivity index (χ3v) is 6.83. The minimum Gasteiger partial charge on any atom is -0.381 e. The first-order valence-corrected chi connectivity index (χ1v) is 11.1. The van der Waals surface area contributed by atoms with E-state index in [-0.39, 0.29) is 11.9 Å². The Bertz CT molecular complexity index is 666. The molecular weight excluding hydrogens is 366 g/mol. The summed E-state index contributed by atoms with van der Waals surface area (Å²) in [7, 11) is 0. The number of amides is 1. The third kappa shape index (κ3) is 5.00. The summed E-state index contributed by atoms with van der Waals surface area (Å²) in [5.41, 5.74) is 1.90. The molecule has 0 spiro atoms. The van der Waals surface area contributed by atoms with Gasteiger partial charge in [0.1, 0.15) is 0 Å². The van der Waals surface area contributed by atoms with Gasteiger partial charge in [0.25, 0.3) is 0 Å². The second-order valence-electron chi connectivity index (χ2n) is 8.77. The lowest BCUT2D eigenvalue weighted by Gasteiger charge is -2.37. The van der Waals surface area contributed by atoms with Crippen LogP contribution in [0.5, 0.6) is 0 Å². The molecule has 3 aliphatic heterocycles. The van der Waals surface area contributed by atoms with Crippen LogP contribution in [0.25, 0.3) is 0 Å². The van der Waals surface area contributed by atoms with E-state index in [1.807, 2.05) is 0 Å². The van der Waals surface area contributed by atoms with E-state index < -0.39 is 5.41 Å². The lowest BCUT2D eigenvalue weighted by atomic mass is 9.73. The summed E-state index contributed by atoms with van der Waals surface area (Å²) < 4.78 is 11.0. The third-order valence-electron chi connectivity index (χ3n) is 6.83. The van der Waals surface area contributed by atoms with E-state index >= 15 is 0 Å². The van der Waals surface area contributed by atoms with Gasteiger partial charge < -0.3 is 14.8 Å². The van der Waals surface area contributed by atoms with Crippen LogP contribution in [0.3, 0.4) is 0 Å². The zero-order valence-corrected chi connectivity index (χ0v) is 17.7. The topological polar surface area (TPSA) is 54.0 Å². The number of likely N-dealkylation sites (tertiary alicyclic amines) is 1. The SMILES string of the molecule is Cc1ccc(C2(C(=O)NC3CCN(CCN4CCOCC4)C3)CCOCC2)cc1. The summed E-state index contributed by atoms with van der Waals surface area (Å²) in [5, 5.41) is 3.40. The highest BCUT2D eigenvalue weighted by Gasteiger charge is 2.42. The normalized spacial score (nSPS) is 25.8. The highest BCUT2D eigenvalue weighted by atomic mass is 16.5. The number of nitrogens with one attached hydrogen (secondary N) is 1. The summed E-state index contributed by atoms with van der Waals surface area (Å²) in [6, 6.07) is 8.73. The number of morpholine rings is 1. The highest BCUT2D eigenvalue weighted by Crippen LogP contribution is 2.35. The minimum atomic E-state index is -0.451. The fourth-order valence-electron chi connectivity index (χ4n) is 4.82. The molecule has 1 aromatic rings. The van der Waals surface area contributed by atoms with Gasteiger partial charge in [0.05, 0.1) is 18.6 Å². The molecule has 3 saturated heterocycles. The standard InChI is InChI=1S/C23H35N3O3/c1-19-2-4-20(5-3-19)23(7-14-28-15-8-23)22(27)24-21-6-9-26(18-21)11-10-25-12-16-29-17-13-25/h2-5,21H,6-18H2,1H3,(H,24,27). The summed E-state index contributed by atoms with van der Waals surface area (Å²) in [6.45, 7) is 11.3. The molecule has 0 saturated carbocycles. The molecule has 0 aromatic heterocycles. The van der Waals surface area contributed by atoms with E-state index in [9.17, 15) is 4.79 Å². The second-order valence-corrected chi connectivity index (χ2v) is 8.77. The molecule has 6 heteroatoms. The van der Waals surface area contributed by atoms with Crippen molar-refractivity contribution < 1.29 is 14.3 Å². The molecule has 1 atom stereocenters. The summed E-state index contributed by atoms with van der Waals surface area (Å²) in [5.74, 6) is 0.185. The van der Waals surface area contributed by atoms with Crippen molar-refractivity contribution in [2.24, 2.45) is 0 Å². The molecule has 160 valence electrons. The van der Waals surface area contributed by atoms with Gasteiger partial charge in [-0.1, -0.05) is 29.8 Å². The number of ether oxygens (including phenoxy) is 2. The Hall–Kier alpha value is -1.47. The molecule has 3 heterocycles. The molecule has 1 aromatic carbocycles. The largest absolute Gasteiger partial charge is 0.381 e. The van der Waals surface area contributed by atoms with Crippen LogP contribution in [0.1, 0.15) is 30.4 Å². The number of hydrogen-bond donors (Lipinski definition) is 1. The summed E-state index contributed by atoms with van der Waals surface area (Å²) >= 11 is 0. The molecule has 4 rings (SSSR count). The van der Waals surface area contributed by atoms with Crippen molar-refractivity contribution in [3.63, 3.8) is 0 Å². The first kappa shape index (κ1) is 20.8.